The Morgan fingerprint density at radius 3 is 2.52 bits per heavy atom. The summed E-state index contributed by atoms with van der Waals surface area (Å²) in [5.74, 6) is 0. The summed E-state index contributed by atoms with van der Waals surface area (Å²) in [6.07, 6.45) is 0. The first-order chi connectivity index (χ1) is 9.84. The van der Waals surface area contributed by atoms with Crippen molar-refractivity contribution in [2.24, 2.45) is 5.73 Å². The van der Waals surface area contributed by atoms with Crippen LogP contribution in [0, 0.1) is 0 Å². The average Bonchev–Trinajstić information content (AvgIpc) is 2.84. The van der Waals surface area contributed by atoms with E-state index in [0.29, 0.717) is 17.6 Å². The van der Waals surface area contributed by atoms with E-state index in [1.807, 2.05) is 11.4 Å². The number of halogens is 2. The zero-order valence-corrected chi connectivity index (χ0v) is 16.0. The predicted octanol–water partition coefficient (Wildman–Crippen LogP) is 3.55. The maximum absolute atomic E-state index is 12.7. The fourth-order valence-corrected chi connectivity index (χ4v) is 5.14. The summed E-state index contributed by atoms with van der Waals surface area (Å²) in [4.78, 5) is 0.238. The number of benzene rings is 1. The molecule has 4 nitrogen and oxygen atoms in total. The molecule has 0 aliphatic rings. The molecule has 0 saturated heterocycles. The van der Waals surface area contributed by atoms with Gasteiger partial charge in [0.15, 0.2) is 0 Å². The second-order valence-electron chi connectivity index (χ2n) is 4.49. The molecule has 1 aromatic carbocycles. The molecule has 0 saturated carbocycles. The van der Waals surface area contributed by atoms with Crippen LogP contribution in [-0.2, 0) is 23.1 Å². The lowest BCUT2D eigenvalue weighted by Crippen LogP contribution is -2.26. The molecular formula is C13H14Br2N2O2S2. The number of sulfonamides is 1. The Hall–Kier alpha value is -0.250. The Kier molecular flexibility index (Phi) is 5.61. The first kappa shape index (κ1) is 17.1. The number of nitrogens with two attached hydrogens (primary N) is 1. The normalized spacial score (nSPS) is 12.0. The Labute approximate surface area is 145 Å². The van der Waals surface area contributed by atoms with E-state index in [1.54, 1.807) is 25.2 Å². The van der Waals surface area contributed by atoms with E-state index < -0.39 is 10.0 Å². The molecule has 0 unspecified atom stereocenters. The summed E-state index contributed by atoms with van der Waals surface area (Å²) >= 11 is 8.21. The first-order valence-electron chi connectivity index (χ1n) is 6.02. The summed E-state index contributed by atoms with van der Waals surface area (Å²) in [5.41, 5.74) is 7.32. The second-order valence-corrected chi connectivity index (χ2v) is 9.65. The van der Waals surface area contributed by atoms with Gasteiger partial charge in [0, 0.05) is 24.6 Å². The quantitative estimate of drug-likeness (QED) is 0.752. The van der Waals surface area contributed by atoms with Crippen LogP contribution < -0.4 is 5.73 Å². The van der Waals surface area contributed by atoms with Crippen LogP contribution in [0.15, 0.2) is 42.8 Å². The van der Waals surface area contributed by atoms with E-state index in [-0.39, 0.29) is 4.90 Å². The van der Waals surface area contributed by atoms with Crippen molar-refractivity contribution in [3.05, 3.63) is 49.0 Å². The summed E-state index contributed by atoms with van der Waals surface area (Å²) in [6.45, 7) is 0.626. The van der Waals surface area contributed by atoms with Crippen molar-refractivity contribution in [2.45, 2.75) is 18.0 Å². The zero-order valence-electron chi connectivity index (χ0n) is 11.2. The van der Waals surface area contributed by atoms with Gasteiger partial charge in [-0.15, -0.1) is 11.3 Å². The van der Waals surface area contributed by atoms with E-state index in [4.69, 9.17) is 5.73 Å². The van der Waals surface area contributed by atoms with Crippen LogP contribution in [0.25, 0.3) is 0 Å². The summed E-state index contributed by atoms with van der Waals surface area (Å²) in [6, 6.07) is 7.05. The minimum Gasteiger partial charge on any atom is -0.326 e. The lowest BCUT2D eigenvalue weighted by atomic mass is 10.2. The van der Waals surface area contributed by atoms with Crippen molar-refractivity contribution in [1.29, 1.82) is 0 Å². The van der Waals surface area contributed by atoms with Gasteiger partial charge in [0.05, 0.1) is 8.68 Å². The van der Waals surface area contributed by atoms with Gasteiger partial charge in [0.25, 0.3) is 0 Å². The van der Waals surface area contributed by atoms with Crippen LogP contribution in [0.2, 0.25) is 0 Å². The van der Waals surface area contributed by atoms with Gasteiger partial charge in [-0.05, 0) is 66.6 Å². The minimum absolute atomic E-state index is 0.238. The maximum Gasteiger partial charge on any atom is 0.244 e. The molecular weight excluding hydrogens is 440 g/mol. The third kappa shape index (κ3) is 3.94. The first-order valence-corrected chi connectivity index (χ1v) is 9.93. The van der Waals surface area contributed by atoms with Crippen LogP contribution in [-0.4, -0.2) is 19.8 Å². The molecule has 0 spiro atoms. The van der Waals surface area contributed by atoms with Crippen molar-refractivity contribution in [3.8, 4) is 0 Å². The lowest BCUT2D eigenvalue weighted by Gasteiger charge is -2.18. The molecule has 0 amide bonds. The smallest absolute Gasteiger partial charge is 0.244 e. The molecule has 2 N–H and O–H groups in total. The third-order valence-corrected chi connectivity index (χ3v) is 7.30. The van der Waals surface area contributed by atoms with Crippen molar-refractivity contribution >= 4 is 53.2 Å². The summed E-state index contributed by atoms with van der Waals surface area (Å²) in [7, 11) is -2.00. The molecule has 1 aromatic heterocycles. The van der Waals surface area contributed by atoms with E-state index >= 15 is 0 Å². The SMILES string of the molecule is CN(Cc1csc(Br)c1)S(=O)(=O)c1cc(CN)ccc1Br. The average molecular weight is 454 g/mol. The number of thiophene rings is 1. The van der Waals surface area contributed by atoms with Crippen LogP contribution in [0.5, 0.6) is 0 Å². The fraction of sp³-hybridized carbons (Fsp3) is 0.231. The molecule has 2 rings (SSSR count). The molecule has 0 bridgehead atoms. The van der Waals surface area contributed by atoms with Gasteiger partial charge in [0.1, 0.15) is 0 Å². The van der Waals surface area contributed by atoms with Gasteiger partial charge in [-0.2, -0.15) is 4.31 Å². The molecule has 0 aliphatic heterocycles. The van der Waals surface area contributed by atoms with Crippen molar-refractivity contribution in [2.75, 3.05) is 7.05 Å². The van der Waals surface area contributed by atoms with E-state index in [1.165, 1.54) is 15.6 Å². The Balaban J connectivity index is 2.32. The van der Waals surface area contributed by atoms with Crippen molar-refractivity contribution < 1.29 is 8.42 Å². The monoisotopic (exact) mass is 452 g/mol. The molecule has 2 aromatic rings. The van der Waals surface area contributed by atoms with Crippen LogP contribution >= 0.6 is 43.2 Å². The molecule has 0 atom stereocenters. The maximum atomic E-state index is 12.7. The third-order valence-electron chi connectivity index (χ3n) is 2.95. The molecule has 1 heterocycles. The summed E-state index contributed by atoms with van der Waals surface area (Å²) in [5, 5.41) is 1.93. The number of hydrogen-bond donors (Lipinski definition) is 1. The predicted molar refractivity (Wildman–Crippen MR) is 92.7 cm³/mol. The lowest BCUT2D eigenvalue weighted by molar-refractivity contribution is 0.466. The molecule has 8 heteroatoms. The van der Waals surface area contributed by atoms with Crippen LogP contribution in [0.3, 0.4) is 0 Å². The second kappa shape index (κ2) is 6.89. The highest BCUT2D eigenvalue weighted by molar-refractivity contribution is 9.11. The van der Waals surface area contributed by atoms with Gasteiger partial charge in [-0.1, -0.05) is 6.07 Å². The highest BCUT2D eigenvalue weighted by atomic mass is 79.9. The molecule has 0 fully saturated rings. The van der Waals surface area contributed by atoms with Gasteiger partial charge < -0.3 is 5.73 Å². The fourth-order valence-electron chi connectivity index (χ4n) is 1.81. The highest BCUT2D eigenvalue weighted by Crippen LogP contribution is 2.28. The Morgan fingerprint density at radius 2 is 1.95 bits per heavy atom. The number of rotatable bonds is 5. The van der Waals surface area contributed by atoms with Crippen molar-refractivity contribution in [1.82, 2.24) is 4.31 Å². The largest absolute Gasteiger partial charge is 0.326 e. The van der Waals surface area contributed by atoms with Gasteiger partial charge in [-0.3, -0.25) is 0 Å². The topological polar surface area (TPSA) is 63.4 Å². The van der Waals surface area contributed by atoms with E-state index in [0.717, 1.165) is 14.9 Å². The Morgan fingerprint density at radius 1 is 1.24 bits per heavy atom. The van der Waals surface area contributed by atoms with Gasteiger partial charge >= 0.3 is 0 Å². The molecule has 0 aliphatic carbocycles. The number of nitrogens with zero attached hydrogens (tertiary/aromatic N) is 1. The minimum atomic E-state index is -3.57. The van der Waals surface area contributed by atoms with Crippen LogP contribution in [0.1, 0.15) is 11.1 Å². The standard InChI is InChI=1S/C13H14Br2N2O2S2/c1-17(7-10-5-13(15)20-8-10)21(18,19)12-4-9(6-16)2-3-11(12)14/h2-5,8H,6-7,16H2,1H3. The van der Waals surface area contributed by atoms with E-state index in [2.05, 4.69) is 31.9 Å². The molecule has 0 radical (unpaired) electrons. The van der Waals surface area contributed by atoms with Crippen molar-refractivity contribution in [3.63, 3.8) is 0 Å². The number of hydrogen-bond acceptors (Lipinski definition) is 4. The highest BCUT2D eigenvalue weighted by Gasteiger charge is 2.24. The molecule has 114 valence electrons. The molecule has 21 heavy (non-hydrogen) atoms. The van der Waals surface area contributed by atoms with Gasteiger partial charge in [0.2, 0.25) is 10.0 Å². The van der Waals surface area contributed by atoms with E-state index in [9.17, 15) is 8.42 Å². The van der Waals surface area contributed by atoms with Gasteiger partial charge in [-0.25, -0.2) is 8.42 Å². The van der Waals surface area contributed by atoms with Crippen LogP contribution in [0.4, 0.5) is 0 Å². The Bertz CT molecular complexity index is 744. The zero-order chi connectivity index (χ0) is 15.6. The summed E-state index contributed by atoms with van der Waals surface area (Å²) < 4.78 is 28.2.